The normalized spacial score (nSPS) is 31.9. The number of rotatable bonds is 6. The zero-order valence-electron chi connectivity index (χ0n) is 14.2. The Balaban J connectivity index is 1.72. The fourth-order valence-corrected chi connectivity index (χ4v) is 7.83. The maximum atomic E-state index is 5.69. The second kappa shape index (κ2) is 9.11. The molecule has 2 aliphatic carbocycles. The second-order valence-electron chi connectivity index (χ2n) is 7.25. The van der Waals surface area contributed by atoms with Crippen molar-refractivity contribution in [3.8, 4) is 0 Å². The summed E-state index contributed by atoms with van der Waals surface area (Å²) in [5, 5.41) is 0. The van der Waals surface area contributed by atoms with Crippen molar-refractivity contribution in [2.24, 2.45) is 11.8 Å². The van der Waals surface area contributed by atoms with Gasteiger partial charge in [0.05, 0.1) is 0 Å². The maximum absolute atomic E-state index is 5.69. The Morgan fingerprint density at radius 2 is 1.86 bits per heavy atom. The molecule has 1 unspecified atom stereocenters. The molecule has 3 heteroatoms. The molecule has 0 aromatic heterocycles. The van der Waals surface area contributed by atoms with Crippen molar-refractivity contribution in [3.63, 3.8) is 0 Å². The van der Waals surface area contributed by atoms with E-state index in [1.165, 1.54) is 74.0 Å². The van der Waals surface area contributed by atoms with Crippen molar-refractivity contribution in [1.82, 2.24) is 0 Å². The van der Waals surface area contributed by atoms with Crippen molar-refractivity contribution in [1.29, 1.82) is 0 Å². The Hall–Kier alpha value is -0.126. The van der Waals surface area contributed by atoms with Gasteiger partial charge in [-0.15, -0.1) is 6.58 Å². The Morgan fingerprint density at radius 3 is 2.43 bits per heavy atom. The van der Waals surface area contributed by atoms with Gasteiger partial charge >= 0.3 is 0 Å². The lowest BCUT2D eigenvalue weighted by atomic mass is 9.78. The van der Waals surface area contributed by atoms with E-state index in [2.05, 4.69) is 18.7 Å². The van der Waals surface area contributed by atoms with Gasteiger partial charge in [-0.25, -0.2) is 0 Å². The van der Waals surface area contributed by atoms with E-state index in [1.807, 2.05) is 7.11 Å². The average molecular weight is 323 g/mol. The molecule has 0 bridgehead atoms. The van der Waals surface area contributed by atoms with E-state index < -0.39 is 8.56 Å². The number of hydrogen-bond donors (Lipinski definition) is 0. The topological polar surface area (TPSA) is 9.23 Å². The highest BCUT2D eigenvalue weighted by atomic mass is 29.2. The Kier molecular flexibility index (Phi) is 7.48. The van der Waals surface area contributed by atoms with Gasteiger partial charge in [0.2, 0.25) is 0 Å². The van der Waals surface area contributed by atoms with E-state index in [-0.39, 0.29) is 0 Å². The van der Waals surface area contributed by atoms with E-state index in [9.17, 15) is 0 Å². The molecular weight excluding hydrogens is 288 g/mol. The molecule has 0 spiro atoms. The summed E-state index contributed by atoms with van der Waals surface area (Å²) in [7, 11) is 2.51. The summed E-state index contributed by atoms with van der Waals surface area (Å²) in [6, 6.07) is 0. The number of allylic oxidation sites excluding steroid dienone is 3. The maximum Gasteiger partial charge on any atom is 0.156 e. The molecule has 0 heterocycles. The summed E-state index contributed by atoms with van der Waals surface area (Å²) in [4.78, 5) is 0. The first-order valence-electron chi connectivity index (χ1n) is 9.06. The van der Waals surface area contributed by atoms with Gasteiger partial charge in [0.25, 0.3) is 0 Å². The van der Waals surface area contributed by atoms with Crippen LogP contribution in [0.2, 0.25) is 5.54 Å². The Bertz CT molecular complexity index is 335. The van der Waals surface area contributed by atoms with E-state index in [4.69, 9.17) is 4.43 Å². The van der Waals surface area contributed by atoms with E-state index in [0.717, 1.165) is 17.4 Å². The summed E-state index contributed by atoms with van der Waals surface area (Å²) >= 11 is 0. The minimum atomic E-state index is -0.751. The molecule has 120 valence electrons. The second-order valence-corrected chi connectivity index (χ2v) is 13.5. The first kappa shape index (κ1) is 17.2. The molecule has 0 N–H and O–H groups in total. The molecule has 1 atom stereocenters. The molecule has 0 aromatic rings. The summed E-state index contributed by atoms with van der Waals surface area (Å²) in [5.74, 6) is 1.87. The van der Waals surface area contributed by atoms with Gasteiger partial charge in [-0.2, -0.15) is 0 Å². The smallest absolute Gasteiger partial charge is 0.156 e. The number of hydrogen-bond acceptors (Lipinski definition) is 1. The van der Waals surface area contributed by atoms with Gasteiger partial charge in [-0.05, 0) is 81.6 Å². The summed E-state index contributed by atoms with van der Waals surface area (Å²) in [6.07, 6.45) is 18.7. The van der Waals surface area contributed by atoms with Crippen molar-refractivity contribution in [2.75, 3.05) is 7.11 Å². The minimum Gasteiger partial charge on any atom is -0.427 e. The van der Waals surface area contributed by atoms with Crippen molar-refractivity contribution >= 4 is 18.3 Å². The quantitative estimate of drug-likeness (QED) is 0.533. The van der Waals surface area contributed by atoms with Gasteiger partial charge in [-0.1, -0.05) is 17.7 Å². The van der Waals surface area contributed by atoms with Crippen LogP contribution in [0, 0.1) is 11.8 Å². The van der Waals surface area contributed by atoms with Crippen molar-refractivity contribution < 1.29 is 4.43 Å². The first-order valence-corrected chi connectivity index (χ1v) is 14.8. The summed E-state index contributed by atoms with van der Waals surface area (Å²) in [6.45, 7) is 3.85. The molecule has 1 nitrogen and oxygen atoms in total. The standard InChI is InChI=1S/C18H34OSi2/c1-3-4-5-15-6-8-16(9-7-15)14-17-10-12-18(13-11-17)21(20)19-2/h3,14-16,18,21H,1,4-13H2,2,20H3. The first-order chi connectivity index (χ1) is 10.2. The van der Waals surface area contributed by atoms with Gasteiger partial charge in [0, 0.05) is 16.9 Å². The van der Waals surface area contributed by atoms with Crippen LogP contribution in [0.25, 0.3) is 0 Å². The molecule has 0 amide bonds. The van der Waals surface area contributed by atoms with Gasteiger partial charge in [0.15, 0.2) is 8.56 Å². The highest BCUT2D eigenvalue weighted by molar-refractivity contribution is 7.00. The van der Waals surface area contributed by atoms with Gasteiger partial charge in [-0.3, -0.25) is 0 Å². The molecule has 0 radical (unpaired) electrons. The average Bonchev–Trinajstić information content (AvgIpc) is 2.54. The van der Waals surface area contributed by atoms with Crippen LogP contribution in [0.3, 0.4) is 0 Å². The molecule has 21 heavy (non-hydrogen) atoms. The summed E-state index contributed by atoms with van der Waals surface area (Å²) < 4.78 is 5.69. The zero-order valence-corrected chi connectivity index (χ0v) is 17.3. The highest BCUT2D eigenvalue weighted by Gasteiger charge is 2.24. The molecule has 0 aromatic carbocycles. The van der Waals surface area contributed by atoms with Crippen LogP contribution >= 0.6 is 0 Å². The third-order valence-electron chi connectivity index (χ3n) is 5.85. The Morgan fingerprint density at radius 1 is 1.19 bits per heavy atom. The van der Waals surface area contributed by atoms with E-state index in [0.29, 0.717) is 0 Å². The summed E-state index contributed by atoms with van der Waals surface area (Å²) in [5.41, 5.74) is 2.76. The van der Waals surface area contributed by atoms with E-state index in [1.54, 1.807) is 5.57 Å². The molecule has 2 aliphatic rings. The molecule has 2 saturated carbocycles. The minimum absolute atomic E-state index is 0.751. The van der Waals surface area contributed by atoms with Crippen LogP contribution in [0.15, 0.2) is 24.3 Å². The van der Waals surface area contributed by atoms with Crippen LogP contribution in [-0.4, -0.2) is 25.4 Å². The predicted octanol–water partition coefficient (Wildman–Crippen LogP) is 3.86. The van der Waals surface area contributed by atoms with Crippen molar-refractivity contribution in [3.05, 3.63) is 24.3 Å². The lowest BCUT2D eigenvalue weighted by molar-refractivity contribution is 0.296. The lowest BCUT2D eigenvalue weighted by Gasteiger charge is -2.30. The van der Waals surface area contributed by atoms with Gasteiger partial charge in [0.1, 0.15) is 0 Å². The van der Waals surface area contributed by atoms with Crippen molar-refractivity contribution in [2.45, 2.75) is 69.7 Å². The molecular formula is C18H34OSi2. The van der Waals surface area contributed by atoms with Crippen LogP contribution in [-0.2, 0) is 4.43 Å². The van der Waals surface area contributed by atoms with E-state index >= 15 is 0 Å². The fraction of sp³-hybridized carbons (Fsp3) is 0.778. The molecule has 0 saturated heterocycles. The third kappa shape index (κ3) is 5.53. The largest absolute Gasteiger partial charge is 0.427 e. The molecule has 2 rings (SSSR count). The van der Waals surface area contributed by atoms with Crippen LogP contribution in [0.5, 0.6) is 0 Å². The van der Waals surface area contributed by atoms with Gasteiger partial charge < -0.3 is 4.43 Å². The lowest BCUT2D eigenvalue weighted by Crippen LogP contribution is -2.26. The van der Waals surface area contributed by atoms with Crippen LogP contribution in [0.4, 0.5) is 0 Å². The molecule has 0 aliphatic heterocycles. The SMILES string of the molecule is C=CCCC1CCC(C=C2CCC([SiH]([SiH3])OC)CC2)CC1. The molecule has 2 fully saturated rings. The van der Waals surface area contributed by atoms with Crippen LogP contribution < -0.4 is 0 Å². The predicted molar refractivity (Wildman–Crippen MR) is 99.3 cm³/mol. The Labute approximate surface area is 136 Å². The zero-order chi connectivity index (χ0) is 15.1. The fourth-order valence-electron chi connectivity index (χ4n) is 4.17. The van der Waals surface area contributed by atoms with Crippen LogP contribution in [0.1, 0.15) is 64.2 Å². The third-order valence-corrected chi connectivity index (χ3v) is 12.8. The monoisotopic (exact) mass is 322 g/mol. The highest BCUT2D eigenvalue weighted by Crippen LogP contribution is 2.37.